The molecule has 1 heterocycles. The summed E-state index contributed by atoms with van der Waals surface area (Å²) in [7, 11) is 0. The molecule has 0 radical (unpaired) electrons. The first-order valence-electron chi connectivity index (χ1n) is 3.41. The predicted octanol–water partition coefficient (Wildman–Crippen LogP) is -2.19. The molecular formula is C6H12O5. The molecular weight excluding hydrogens is 153 g/mol. The lowest BCUT2D eigenvalue weighted by molar-refractivity contribution is -0.277. The van der Waals surface area contributed by atoms with Crippen LogP contribution in [0.2, 0.25) is 0 Å². The number of rotatable bonds is 0. The van der Waals surface area contributed by atoms with Crippen LogP contribution >= 0.6 is 0 Å². The number of hydrogen-bond donors (Lipinski definition) is 4. The summed E-state index contributed by atoms with van der Waals surface area (Å²) >= 11 is 0. The lowest BCUT2D eigenvalue weighted by atomic mass is 10.1. The van der Waals surface area contributed by atoms with E-state index in [0.717, 1.165) is 0 Å². The minimum atomic E-state index is -1.43. The van der Waals surface area contributed by atoms with Gasteiger partial charge in [-0.05, 0) is 6.92 Å². The minimum Gasteiger partial charge on any atom is -0.388 e. The van der Waals surface area contributed by atoms with E-state index in [9.17, 15) is 0 Å². The van der Waals surface area contributed by atoms with Crippen LogP contribution in [-0.2, 0) is 4.74 Å². The highest BCUT2D eigenvalue weighted by Gasteiger charge is 2.40. The maximum atomic E-state index is 9.09. The van der Waals surface area contributed by atoms with Gasteiger partial charge in [-0.15, -0.1) is 0 Å². The molecule has 1 fully saturated rings. The van der Waals surface area contributed by atoms with E-state index in [1.807, 2.05) is 0 Å². The minimum absolute atomic E-state index is 0.664. The van der Waals surface area contributed by atoms with E-state index in [0.29, 0.717) is 0 Å². The zero-order valence-electron chi connectivity index (χ0n) is 6.08. The molecule has 66 valence electrons. The Morgan fingerprint density at radius 2 is 1.45 bits per heavy atom. The molecule has 1 unspecified atom stereocenters. The molecule has 0 aromatic rings. The normalized spacial score (nSPS) is 52.6. The molecule has 0 aliphatic carbocycles. The lowest BCUT2D eigenvalue weighted by Gasteiger charge is -2.36. The Morgan fingerprint density at radius 1 is 0.909 bits per heavy atom. The predicted molar refractivity (Wildman–Crippen MR) is 34.6 cm³/mol. The van der Waals surface area contributed by atoms with Crippen LogP contribution < -0.4 is 0 Å². The van der Waals surface area contributed by atoms with Gasteiger partial charge < -0.3 is 25.2 Å². The Bertz CT molecular complexity index is 125. The van der Waals surface area contributed by atoms with E-state index >= 15 is 0 Å². The molecule has 0 aromatic carbocycles. The fourth-order valence-electron chi connectivity index (χ4n) is 1.03. The van der Waals surface area contributed by atoms with Crippen LogP contribution in [0.1, 0.15) is 6.92 Å². The Balaban J connectivity index is 2.63. The van der Waals surface area contributed by atoms with E-state index in [1.54, 1.807) is 0 Å². The summed E-state index contributed by atoms with van der Waals surface area (Å²) < 4.78 is 4.68. The van der Waals surface area contributed by atoms with Crippen molar-refractivity contribution in [2.24, 2.45) is 0 Å². The quantitative estimate of drug-likeness (QED) is 0.306. The smallest absolute Gasteiger partial charge is 0.183 e. The SMILES string of the molecule is C[C@@H]1O[13CH](O)[C@@H](O)[C@H](O)[C@@H]1O. The van der Waals surface area contributed by atoms with Crippen LogP contribution in [-0.4, -0.2) is 51.1 Å². The summed E-state index contributed by atoms with van der Waals surface area (Å²) in [4.78, 5) is 0. The highest BCUT2D eigenvalue weighted by atomic mass is 16.7. The Hall–Kier alpha value is -0.200. The van der Waals surface area contributed by atoms with E-state index in [4.69, 9.17) is 20.4 Å². The van der Waals surface area contributed by atoms with Gasteiger partial charge in [-0.3, -0.25) is 0 Å². The zero-order chi connectivity index (χ0) is 8.59. The van der Waals surface area contributed by atoms with Crippen molar-refractivity contribution in [1.29, 1.82) is 0 Å². The second-order valence-electron chi connectivity index (χ2n) is 2.70. The van der Waals surface area contributed by atoms with Crippen molar-refractivity contribution in [3.8, 4) is 0 Å². The highest BCUT2D eigenvalue weighted by Crippen LogP contribution is 2.18. The fraction of sp³-hybridized carbons (Fsp3) is 1.00. The number of aliphatic hydroxyl groups excluding tert-OH is 4. The first-order chi connectivity index (χ1) is 5.04. The van der Waals surface area contributed by atoms with Crippen molar-refractivity contribution in [2.75, 3.05) is 0 Å². The van der Waals surface area contributed by atoms with Crippen molar-refractivity contribution < 1.29 is 25.2 Å². The van der Waals surface area contributed by atoms with Gasteiger partial charge in [0.25, 0.3) is 0 Å². The Morgan fingerprint density at radius 3 is 2.00 bits per heavy atom. The van der Waals surface area contributed by atoms with Crippen molar-refractivity contribution in [3.63, 3.8) is 0 Å². The average Bonchev–Trinajstić information content (AvgIpc) is 1.97. The Labute approximate surface area is 63.8 Å². The van der Waals surface area contributed by atoms with Crippen LogP contribution in [0, 0.1) is 0 Å². The highest BCUT2D eigenvalue weighted by molar-refractivity contribution is 4.86. The van der Waals surface area contributed by atoms with E-state index < -0.39 is 30.7 Å². The molecule has 1 saturated heterocycles. The molecule has 4 N–H and O–H groups in total. The van der Waals surface area contributed by atoms with Gasteiger partial charge in [0, 0.05) is 0 Å². The molecule has 5 atom stereocenters. The standard InChI is InChI=1S/C6H12O5/c1-2-3(7)4(8)5(9)6(10)11-2/h2-10H,1H3/t2-,3+,4+,5-,6?/m0/s1/i6+1. The summed E-state index contributed by atoms with van der Waals surface area (Å²) in [6.45, 7) is 1.50. The van der Waals surface area contributed by atoms with Crippen LogP contribution in [0.4, 0.5) is 0 Å². The van der Waals surface area contributed by atoms with Crippen molar-refractivity contribution in [3.05, 3.63) is 0 Å². The third-order valence-electron chi connectivity index (χ3n) is 1.83. The molecule has 1 rings (SSSR count). The van der Waals surface area contributed by atoms with Crippen LogP contribution in [0.15, 0.2) is 0 Å². The van der Waals surface area contributed by atoms with Crippen LogP contribution in [0.25, 0.3) is 0 Å². The van der Waals surface area contributed by atoms with Crippen molar-refractivity contribution >= 4 is 0 Å². The second kappa shape index (κ2) is 3.04. The molecule has 0 aromatic heterocycles. The third-order valence-corrected chi connectivity index (χ3v) is 1.83. The second-order valence-corrected chi connectivity index (χ2v) is 2.70. The average molecular weight is 165 g/mol. The van der Waals surface area contributed by atoms with Gasteiger partial charge in [-0.2, -0.15) is 0 Å². The lowest BCUT2D eigenvalue weighted by Crippen LogP contribution is -2.56. The molecule has 0 bridgehead atoms. The van der Waals surface area contributed by atoms with Crippen molar-refractivity contribution in [2.45, 2.75) is 37.6 Å². The molecule has 5 heteroatoms. The number of ether oxygens (including phenoxy) is 1. The number of aliphatic hydroxyl groups is 4. The van der Waals surface area contributed by atoms with Gasteiger partial charge in [0.2, 0.25) is 0 Å². The molecule has 0 amide bonds. The van der Waals surface area contributed by atoms with Crippen LogP contribution in [0.5, 0.6) is 0 Å². The fourth-order valence-corrected chi connectivity index (χ4v) is 1.03. The van der Waals surface area contributed by atoms with Gasteiger partial charge >= 0.3 is 0 Å². The van der Waals surface area contributed by atoms with Crippen molar-refractivity contribution in [1.82, 2.24) is 0 Å². The summed E-state index contributed by atoms with van der Waals surface area (Å²) in [6, 6.07) is 0. The molecule has 1 aliphatic heterocycles. The third kappa shape index (κ3) is 1.52. The molecule has 0 saturated carbocycles. The first kappa shape index (κ1) is 8.89. The summed E-state index contributed by atoms with van der Waals surface area (Å²) in [6.07, 6.45) is -5.99. The first-order valence-corrected chi connectivity index (χ1v) is 3.41. The van der Waals surface area contributed by atoms with E-state index in [1.165, 1.54) is 6.92 Å². The maximum absolute atomic E-state index is 9.09. The van der Waals surface area contributed by atoms with E-state index in [2.05, 4.69) is 4.74 Å². The zero-order valence-corrected chi connectivity index (χ0v) is 6.08. The molecule has 0 spiro atoms. The van der Waals surface area contributed by atoms with Gasteiger partial charge in [0.15, 0.2) is 6.29 Å². The monoisotopic (exact) mass is 165 g/mol. The van der Waals surface area contributed by atoms with Gasteiger partial charge in [-0.1, -0.05) is 0 Å². The van der Waals surface area contributed by atoms with Crippen LogP contribution in [0.3, 0.4) is 0 Å². The van der Waals surface area contributed by atoms with Gasteiger partial charge in [0.1, 0.15) is 18.3 Å². The number of hydrogen-bond acceptors (Lipinski definition) is 5. The molecule has 5 nitrogen and oxygen atoms in total. The topological polar surface area (TPSA) is 90.2 Å². The summed E-state index contributed by atoms with van der Waals surface area (Å²) in [5.41, 5.74) is 0. The van der Waals surface area contributed by atoms with Gasteiger partial charge in [-0.25, -0.2) is 0 Å². The molecule has 11 heavy (non-hydrogen) atoms. The summed E-state index contributed by atoms with van der Waals surface area (Å²) in [5, 5.41) is 36.0. The van der Waals surface area contributed by atoms with E-state index in [-0.39, 0.29) is 0 Å². The Kier molecular flexibility index (Phi) is 2.46. The maximum Gasteiger partial charge on any atom is 0.183 e. The largest absolute Gasteiger partial charge is 0.388 e. The molecule has 1 aliphatic rings. The summed E-state index contributed by atoms with van der Waals surface area (Å²) in [5.74, 6) is 0. The van der Waals surface area contributed by atoms with Gasteiger partial charge in [0.05, 0.1) is 6.10 Å².